The van der Waals surface area contributed by atoms with Crippen LogP contribution < -0.4 is 4.90 Å². The lowest BCUT2D eigenvalue weighted by atomic mass is 10.1. The van der Waals surface area contributed by atoms with E-state index in [4.69, 9.17) is 4.74 Å². The molecule has 0 aromatic carbocycles. The fourth-order valence-corrected chi connectivity index (χ4v) is 3.76. The zero-order chi connectivity index (χ0) is 20.8. The number of ketones is 1. The number of carbonyl (C=O) groups excluding carboxylic acids is 2. The molecule has 2 aromatic rings. The maximum absolute atomic E-state index is 12.9. The molecule has 156 valence electrons. The van der Waals surface area contributed by atoms with Gasteiger partial charge in [0.25, 0.3) is 0 Å². The highest BCUT2D eigenvalue weighted by molar-refractivity contribution is 5.99. The van der Waals surface area contributed by atoms with E-state index in [1.807, 2.05) is 26.0 Å². The average molecular weight is 399 g/mol. The SMILES string of the molecule is COC(=O)CCCn1c(C)cc(C(=O)CN2CCN(c3ncccn3)CC2)c1C. The molecule has 0 unspecified atom stereocenters. The van der Waals surface area contributed by atoms with Gasteiger partial charge in [-0.3, -0.25) is 14.5 Å². The molecular formula is C21H29N5O3. The monoisotopic (exact) mass is 399 g/mol. The summed E-state index contributed by atoms with van der Waals surface area (Å²) < 4.78 is 6.81. The van der Waals surface area contributed by atoms with Crippen LogP contribution in [0.1, 0.15) is 34.6 Å². The summed E-state index contributed by atoms with van der Waals surface area (Å²) in [6.45, 7) is 8.33. The first-order valence-corrected chi connectivity index (χ1v) is 10.0. The predicted octanol–water partition coefficient (Wildman–Crippen LogP) is 1.85. The topological polar surface area (TPSA) is 80.6 Å². The zero-order valence-electron chi connectivity index (χ0n) is 17.4. The Hall–Kier alpha value is -2.74. The molecule has 0 saturated carbocycles. The molecule has 0 atom stereocenters. The summed E-state index contributed by atoms with van der Waals surface area (Å²) in [7, 11) is 1.40. The molecule has 1 aliphatic heterocycles. The van der Waals surface area contributed by atoms with Crippen molar-refractivity contribution in [3.8, 4) is 0 Å². The number of aryl methyl sites for hydroxylation is 1. The average Bonchev–Trinajstić information content (AvgIpc) is 3.03. The third-order valence-electron chi connectivity index (χ3n) is 5.44. The van der Waals surface area contributed by atoms with E-state index in [0.717, 1.165) is 49.1 Å². The van der Waals surface area contributed by atoms with Crippen LogP contribution in [-0.2, 0) is 16.1 Å². The van der Waals surface area contributed by atoms with Crippen molar-refractivity contribution in [3.05, 3.63) is 41.5 Å². The number of ether oxygens (including phenoxy) is 1. The normalized spacial score (nSPS) is 14.8. The molecule has 3 heterocycles. The summed E-state index contributed by atoms with van der Waals surface area (Å²) in [6.07, 6.45) is 4.57. The second-order valence-corrected chi connectivity index (χ2v) is 7.35. The summed E-state index contributed by atoms with van der Waals surface area (Å²) in [5, 5.41) is 0. The molecule has 1 fully saturated rings. The number of rotatable bonds is 8. The van der Waals surface area contributed by atoms with Crippen LogP contribution in [0, 0.1) is 13.8 Å². The number of carbonyl (C=O) groups is 2. The van der Waals surface area contributed by atoms with E-state index in [1.165, 1.54) is 7.11 Å². The van der Waals surface area contributed by atoms with Gasteiger partial charge in [0, 0.05) is 68.5 Å². The number of aromatic nitrogens is 3. The maximum atomic E-state index is 12.9. The number of nitrogens with zero attached hydrogens (tertiary/aromatic N) is 5. The first-order chi connectivity index (χ1) is 14.0. The number of Topliss-reactive ketones (excluding diaryl/α,β-unsaturated/α-hetero) is 1. The zero-order valence-corrected chi connectivity index (χ0v) is 17.4. The summed E-state index contributed by atoms with van der Waals surface area (Å²) in [4.78, 5) is 37.2. The van der Waals surface area contributed by atoms with Crippen molar-refractivity contribution in [1.82, 2.24) is 19.4 Å². The molecule has 3 rings (SSSR count). The highest BCUT2D eigenvalue weighted by atomic mass is 16.5. The van der Waals surface area contributed by atoms with Crippen LogP contribution in [0.4, 0.5) is 5.95 Å². The lowest BCUT2D eigenvalue weighted by Crippen LogP contribution is -2.48. The van der Waals surface area contributed by atoms with Gasteiger partial charge in [-0.15, -0.1) is 0 Å². The molecule has 29 heavy (non-hydrogen) atoms. The lowest BCUT2D eigenvalue weighted by molar-refractivity contribution is -0.140. The lowest BCUT2D eigenvalue weighted by Gasteiger charge is -2.34. The number of methoxy groups -OCH3 is 1. The Bertz CT molecular complexity index is 842. The van der Waals surface area contributed by atoms with Gasteiger partial charge >= 0.3 is 5.97 Å². The van der Waals surface area contributed by atoms with Crippen molar-refractivity contribution in [2.75, 3.05) is 44.7 Å². The molecule has 0 radical (unpaired) electrons. The molecule has 1 aliphatic rings. The Morgan fingerprint density at radius 3 is 2.45 bits per heavy atom. The van der Waals surface area contributed by atoms with Crippen LogP contribution in [0.25, 0.3) is 0 Å². The molecule has 0 bridgehead atoms. The van der Waals surface area contributed by atoms with E-state index in [9.17, 15) is 9.59 Å². The second kappa shape index (κ2) is 9.65. The van der Waals surface area contributed by atoms with Crippen LogP contribution in [0.2, 0.25) is 0 Å². The van der Waals surface area contributed by atoms with Gasteiger partial charge in [0.2, 0.25) is 5.95 Å². The summed E-state index contributed by atoms with van der Waals surface area (Å²) in [6, 6.07) is 3.77. The molecule has 0 spiro atoms. The molecule has 8 nitrogen and oxygen atoms in total. The van der Waals surface area contributed by atoms with Gasteiger partial charge in [-0.25, -0.2) is 9.97 Å². The number of hydrogen-bond acceptors (Lipinski definition) is 7. The van der Waals surface area contributed by atoms with E-state index in [-0.39, 0.29) is 11.8 Å². The van der Waals surface area contributed by atoms with Crippen LogP contribution >= 0.6 is 0 Å². The number of hydrogen-bond donors (Lipinski definition) is 0. The Morgan fingerprint density at radius 1 is 1.10 bits per heavy atom. The Balaban J connectivity index is 1.54. The first-order valence-electron chi connectivity index (χ1n) is 10.0. The van der Waals surface area contributed by atoms with Crippen molar-refractivity contribution in [2.24, 2.45) is 0 Å². The van der Waals surface area contributed by atoms with Crippen LogP contribution in [0.5, 0.6) is 0 Å². The minimum Gasteiger partial charge on any atom is -0.469 e. The van der Waals surface area contributed by atoms with Crippen LogP contribution in [-0.4, -0.2) is 71.0 Å². The van der Waals surface area contributed by atoms with E-state index >= 15 is 0 Å². The molecule has 1 saturated heterocycles. The van der Waals surface area contributed by atoms with Crippen molar-refractivity contribution >= 4 is 17.7 Å². The highest BCUT2D eigenvalue weighted by Crippen LogP contribution is 2.18. The molecule has 0 aliphatic carbocycles. The van der Waals surface area contributed by atoms with Crippen molar-refractivity contribution in [1.29, 1.82) is 0 Å². The quantitative estimate of drug-likeness (QED) is 0.495. The second-order valence-electron chi connectivity index (χ2n) is 7.35. The Labute approximate surface area is 171 Å². The predicted molar refractivity (Wildman–Crippen MR) is 110 cm³/mol. The molecule has 0 amide bonds. The van der Waals surface area contributed by atoms with Crippen LogP contribution in [0.3, 0.4) is 0 Å². The fraction of sp³-hybridized carbons (Fsp3) is 0.524. The smallest absolute Gasteiger partial charge is 0.305 e. The van der Waals surface area contributed by atoms with Gasteiger partial charge in [-0.05, 0) is 32.4 Å². The molecule has 2 aromatic heterocycles. The van der Waals surface area contributed by atoms with E-state index in [2.05, 4.69) is 24.3 Å². The third kappa shape index (κ3) is 5.20. The standard InChI is InChI=1S/C21H29N5O3/c1-16-14-18(17(2)26(16)9-4-6-20(28)29-3)19(27)15-24-10-12-25(13-11-24)21-22-7-5-8-23-21/h5,7-8,14H,4,6,9-13,15H2,1-3H3. The van der Waals surface area contributed by atoms with Gasteiger partial charge in [0.15, 0.2) is 5.78 Å². The minimum absolute atomic E-state index is 0.140. The van der Waals surface area contributed by atoms with E-state index < -0.39 is 0 Å². The Kier molecular flexibility index (Phi) is 6.98. The Morgan fingerprint density at radius 2 is 1.79 bits per heavy atom. The van der Waals surface area contributed by atoms with Gasteiger partial charge in [-0.1, -0.05) is 0 Å². The number of anilines is 1. The highest BCUT2D eigenvalue weighted by Gasteiger charge is 2.23. The third-order valence-corrected chi connectivity index (χ3v) is 5.44. The van der Waals surface area contributed by atoms with Gasteiger partial charge in [0.05, 0.1) is 13.7 Å². The fourth-order valence-electron chi connectivity index (χ4n) is 3.76. The first kappa shape index (κ1) is 21.0. The largest absolute Gasteiger partial charge is 0.469 e. The maximum Gasteiger partial charge on any atom is 0.305 e. The number of esters is 1. The minimum atomic E-state index is -0.205. The van der Waals surface area contributed by atoms with Gasteiger partial charge < -0.3 is 14.2 Å². The van der Waals surface area contributed by atoms with Crippen molar-refractivity contribution in [2.45, 2.75) is 33.2 Å². The van der Waals surface area contributed by atoms with Crippen LogP contribution in [0.15, 0.2) is 24.5 Å². The molecule has 8 heteroatoms. The van der Waals surface area contributed by atoms with Gasteiger partial charge in [-0.2, -0.15) is 0 Å². The van der Waals surface area contributed by atoms with Crippen molar-refractivity contribution in [3.63, 3.8) is 0 Å². The van der Waals surface area contributed by atoms with Crippen molar-refractivity contribution < 1.29 is 14.3 Å². The molecule has 0 N–H and O–H groups in total. The molecular weight excluding hydrogens is 370 g/mol. The number of piperazine rings is 1. The van der Waals surface area contributed by atoms with Gasteiger partial charge in [0.1, 0.15) is 0 Å². The summed E-state index contributed by atoms with van der Waals surface area (Å²) in [5.41, 5.74) is 2.78. The summed E-state index contributed by atoms with van der Waals surface area (Å²) >= 11 is 0. The van der Waals surface area contributed by atoms with E-state index in [1.54, 1.807) is 12.4 Å². The van der Waals surface area contributed by atoms with E-state index in [0.29, 0.717) is 25.9 Å². The summed E-state index contributed by atoms with van der Waals surface area (Å²) in [5.74, 6) is 0.680.